The molecule has 29 heavy (non-hydrogen) atoms. The van der Waals surface area contributed by atoms with Crippen molar-refractivity contribution in [3.8, 4) is 11.5 Å². The number of para-hydroxylation sites is 1. The Hall–Kier alpha value is -2.53. The van der Waals surface area contributed by atoms with Crippen molar-refractivity contribution >= 4 is 5.97 Å². The second-order valence-electron chi connectivity index (χ2n) is 7.98. The molecular formula is C24H29NO4. The highest BCUT2D eigenvalue weighted by Gasteiger charge is 2.30. The zero-order valence-corrected chi connectivity index (χ0v) is 17.0. The minimum atomic E-state index is -0.276. The third kappa shape index (κ3) is 4.40. The quantitative estimate of drug-likeness (QED) is 0.640. The molecule has 2 aromatic rings. The molecule has 2 aliphatic rings. The second kappa shape index (κ2) is 8.87. The molecule has 1 unspecified atom stereocenters. The Kier molecular flexibility index (Phi) is 6.05. The fourth-order valence-electron chi connectivity index (χ4n) is 4.17. The number of carbonyl (C=O) groups is 1. The Bertz CT molecular complexity index is 873. The van der Waals surface area contributed by atoms with Gasteiger partial charge in [0.15, 0.2) is 0 Å². The summed E-state index contributed by atoms with van der Waals surface area (Å²) >= 11 is 0. The number of hydrogen-bond donors (Lipinski definition) is 1. The van der Waals surface area contributed by atoms with Gasteiger partial charge in [-0.1, -0.05) is 37.6 Å². The van der Waals surface area contributed by atoms with Crippen molar-refractivity contribution in [2.24, 2.45) is 0 Å². The number of carbonyl (C=O) groups excluding carboxylic acids is 1. The number of esters is 1. The molecule has 1 fully saturated rings. The van der Waals surface area contributed by atoms with E-state index in [2.05, 4.69) is 11.8 Å². The van der Waals surface area contributed by atoms with Crippen LogP contribution < -0.4 is 4.74 Å². The van der Waals surface area contributed by atoms with Gasteiger partial charge in [-0.2, -0.15) is 0 Å². The number of nitrogens with zero attached hydrogens (tertiary/aromatic N) is 1. The number of phenols is 1. The van der Waals surface area contributed by atoms with E-state index in [1.54, 1.807) is 6.07 Å². The second-order valence-corrected chi connectivity index (χ2v) is 7.98. The molecule has 5 nitrogen and oxygen atoms in total. The molecule has 1 N–H and O–H groups in total. The van der Waals surface area contributed by atoms with E-state index in [4.69, 9.17) is 9.47 Å². The first kappa shape index (κ1) is 19.8. The predicted octanol–water partition coefficient (Wildman–Crippen LogP) is 4.97. The summed E-state index contributed by atoms with van der Waals surface area (Å²) in [6.07, 6.45) is 5.27. The summed E-state index contributed by atoms with van der Waals surface area (Å²) in [6, 6.07) is 11.4. The Morgan fingerprint density at radius 3 is 2.76 bits per heavy atom. The average Bonchev–Trinajstić information content (AvgIpc) is 3.35. The SMILES string of the molecule is CCCCC1OC(=O)c2cc(OCc3cccc(CN4CCCC4)c3O)ccc21. The standard InChI is InChI=1S/C24H29NO4/c1-2-3-9-22-20-11-10-19(14-21(20)24(27)29-22)28-16-18-8-6-7-17(23(18)26)15-25-12-4-5-13-25/h6-8,10-11,14,22,26H,2-5,9,12-13,15-16H2,1H3. The van der Waals surface area contributed by atoms with Gasteiger partial charge >= 0.3 is 5.97 Å². The molecule has 0 aromatic heterocycles. The molecule has 0 aliphatic carbocycles. The first-order chi connectivity index (χ1) is 14.2. The normalized spacial score (nSPS) is 18.7. The highest BCUT2D eigenvalue weighted by molar-refractivity contribution is 5.94. The number of benzene rings is 2. The molecule has 0 saturated carbocycles. The zero-order chi connectivity index (χ0) is 20.2. The van der Waals surface area contributed by atoms with Gasteiger partial charge in [0.05, 0.1) is 5.56 Å². The van der Waals surface area contributed by atoms with E-state index < -0.39 is 0 Å². The lowest BCUT2D eigenvalue weighted by molar-refractivity contribution is 0.0364. The van der Waals surface area contributed by atoms with Gasteiger partial charge in [-0.25, -0.2) is 4.79 Å². The van der Waals surface area contributed by atoms with Crippen molar-refractivity contribution < 1.29 is 19.4 Å². The van der Waals surface area contributed by atoms with Gasteiger partial charge < -0.3 is 14.6 Å². The molecule has 0 radical (unpaired) electrons. The fraction of sp³-hybridized carbons (Fsp3) is 0.458. The van der Waals surface area contributed by atoms with Gasteiger partial charge in [-0.15, -0.1) is 0 Å². The lowest BCUT2D eigenvalue weighted by Crippen LogP contribution is -2.18. The van der Waals surface area contributed by atoms with Crippen LogP contribution in [-0.4, -0.2) is 29.1 Å². The lowest BCUT2D eigenvalue weighted by Gasteiger charge is -2.17. The van der Waals surface area contributed by atoms with Crippen LogP contribution in [0.5, 0.6) is 11.5 Å². The topological polar surface area (TPSA) is 59.0 Å². The maximum Gasteiger partial charge on any atom is 0.339 e. The minimum Gasteiger partial charge on any atom is -0.507 e. The third-order valence-electron chi connectivity index (χ3n) is 5.85. The van der Waals surface area contributed by atoms with Crippen LogP contribution in [0.4, 0.5) is 0 Å². The van der Waals surface area contributed by atoms with Crippen LogP contribution in [0, 0.1) is 0 Å². The van der Waals surface area contributed by atoms with Crippen molar-refractivity contribution in [1.82, 2.24) is 4.90 Å². The van der Waals surface area contributed by atoms with Gasteiger partial charge in [0, 0.05) is 23.2 Å². The van der Waals surface area contributed by atoms with Crippen LogP contribution >= 0.6 is 0 Å². The maximum atomic E-state index is 12.2. The number of phenolic OH excluding ortho intramolecular Hbond substituents is 1. The highest BCUT2D eigenvalue weighted by atomic mass is 16.5. The van der Waals surface area contributed by atoms with Crippen LogP contribution in [0.25, 0.3) is 0 Å². The summed E-state index contributed by atoms with van der Waals surface area (Å²) in [7, 11) is 0. The van der Waals surface area contributed by atoms with Crippen LogP contribution in [0.3, 0.4) is 0 Å². The summed E-state index contributed by atoms with van der Waals surface area (Å²) < 4.78 is 11.4. The van der Waals surface area contributed by atoms with Crippen molar-refractivity contribution in [2.75, 3.05) is 13.1 Å². The first-order valence-electron chi connectivity index (χ1n) is 10.7. The molecule has 0 bridgehead atoms. The number of fused-ring (bicyclic) bond motifs is 1. The summed E-state index contributed by atoms with van der Waals surface area (Å²) in [5.41, 5.74) is 3.23. The molecule has 2 heterocycles. The minimum absolute atomic E-state index is 0.141. The molecule has 1 saturated heterocycles. The van der Waals surface area contributed by atoms with Gasteiger partial charge in [-0.05, 0) is 50.9 Å². The number of hydrogen-bond acceptors (Lipinski definition) is 5. The van der Waals surface area contributed by atoms with Crippen LogP contribution in [-0.2, 0) is 17.9 Å². The van der Waals surface area contributed by atoms with Gasteiger partial charge in [0.1, 0.15) is 24.2 Å². The van der Waals surface area contributed by atoms with E-state index in [9.17, 15) is 9.90 Å². The van der Waals surface area contributed by atoms with E-state index in [1.165, 1.54) is 12.8 Å². The molecule has 4 rings (SSSR count). The van der Waals surface area contributed by atoms with Crippen molar-refractivity contribution in [3.63, 3.8) is 0 Å². The summed E-state index contributed by atoms with van der Waals surface area (Å²) in [6.45, 7) is 5.33. The molecule has 2 aliphatic heterocycles. The molecular weight excluding hydrogens is 366 g/mol. The summed E-state index contributed by atoms with van der Waals surface area (Å²) in [5.74, 6) is 0.641. The van der Waals surface area contributed by atoms with Gasteiger partial charge in [0.2, 0.25) is 0 Å². The number of cyclic esters (lactones) is 1. The first-order valence-corrected chi connectivity index (χ1v) is 10.7. The van der Waals surface area contributed by atoms with Gasteiger partial charge in [-0.3, -0.25) is 4.90 Å². The summed E-state index contributed by atoms with van der Waals surface area (Å²) in [4.78, 5) is 14.6. The molecule has 0 spiro atoms. The Morgan fingerprint density at radius 2 is 1.97 bits per heavy atom. The summed E-state index contributed by atoms with van der Waals surface area (Å²) in [5, 5.41) is 10.7. The van der Waals surface area contributed by atoms with Gasteiger partial charge in [0.25, 0.3) is 0 Å². The fourth-order valence-corrected chi connectivity index (χ4v) is 4.17. The third-order valence-corrected chi connectivity index (χ3v) is 5.85. The number of aromatic hydroxyl groups is 1. The van der Waals surface area contributed by atoms with E-state index in [0.29, 0.717) is 17.1 Å². The van der Waals surface area contributed by atoms with E-state index >= 15 is 0 Å². The molecule has 0 amide bonds. The van der Waals surface area contributed by atoms with Crippen LogP contribution in [0.15, 0.2) is 36.4 Å². The monoisotopic (exact) mass is 395 g/mol. The molecule has 154 valence electrons. The van der Waals surface area contributed by atoms with E-state index in [0.717, 1.165) is 55.6 Å². The zero-order valence-electron chi connectivity index (χ0n) is 17.0. The molecule has 5 heteroatoms. The maximum absolute atomic E-state index is 12.2. The number of ether oxygens (including phenoxy) is 2. The van der Waals surface area contributed by atoms with E-state index in [-0.39, 0.29) is 18.7 Å². The number of unbranched alkanes of at least 4 members (excludes halogenated alkanes) is 1. The Balaban J connectivity index is 1.43. The smallest absolute Gasteiger partial charge is 0.339 e. The van der Waals surface area contributed by atoms with Crippen molar-refractivity contribution in [3.05, 3.63) is 58.7 Å². The van der Waals surface area contributed by atoms with Crippen LogP contribution in [0.1, 0.15) is 72.2 Å². The number of likely N-dealkylation sites (tertiary alicyclic amines) is 1. The van der Waals surface area contributed by atoms with Crippen molar-refractivity contribution in [2.45, 2.75) is 58.3 Å². The lowest BCUT2D eigenvalue weighted by atomic mass is 10.0. The van der Waals surface area contributed by atoms with Crippen LogP contribution in [0.2, 0.25) is 0 Å². The number of rotatable bonds is 8. The predicted molar refractivity (Wildman–Crippen MR) is 111 cm³/mol. The average molecular weight is 395 g/mol. The highest BCUT2D eigenvalue weighted by Crippen LogP contribution is 2.36. The molecule has 1 atom stereocenters. The Labute approximate surface area is 172 Å². The van der Waals surface area contributed by atoms with E-state index in [1.807, 2.05) is 30.3 Å². The largest absolute Gasteiger partial charge is 0.507 e. The van der Waals surface area contributed by atoms with Crippen molar-refractivity contribution in [1.29, 1.82) is 0 Å². The molecule has 2 aromatic carbocycles. The Morgan fingerprint density at radius 1 is 1.17 bits per heavy atom.